The van der Waals surface area contributed by atoms with Crippen LogP contribution in [0.25, 0.3) is 12.4 Å². The number of rotatable bonds is 0. The van der Waals surface area contributed by atoms with Gasteiger partial charge in [0.1, 0.15) is 0 Å². The third kappa shape index (κ3) is 1.29. The largest absolute Gasteiger partial charge is 0.285 e. The molecule has 4 rings (SSSR count). The first kappa shape index (κ1) is 10.9. The van der Waals surface area contributed by atoms with Crippen LogP contribution in [0.2, 0.25) is 0 Å². The van der Waals surface area contributed by atoms with Crippen molar-refractivity contribution in [2.75, 3.05) is 0 Å². The molecule has 0 amide bonds. The second kappa shape index (κ2) is 3.54. The summed E-state index contributed by atoms with van der Waals surface area (Å²) >= 11 is 0. The number of carbonyl (C=O) groups excluding carboxylic acids is 3. The van der Waals surface area contributed by atoms with Crippen molar-refractivity contribution in [2.45, 2.75) is 0 Å². The molecule has 0 unspecified atom stereocenters. The summed E-state index contributed by atoms with van der Waals surface area (Å²) in [6.45, 7) is 0. The number of nitrogens with zero attached hydrogens (tertiary/aromatic N) is 2. The smallest absolute Gasteiger partial charge is 0.273 e. The fourth-order valence-electron chi connectivity index (χ4n) is 2.51. The Bertz CT molecular complexity index is 877. The average molecular weight is 264 g/mol. The molecule has 0 bridgehead atoms. The molecule has 3 aliphatic rings. The van der Waals surface area contributed by atoms with Crippen LogP contribution in [0.1, 0.15) is 0 Å². The molecule has 0 radical (unpaired) electrons. The van der Waals surface area contributed by atoms with E-state index >= 15 is 0 Å². The molecule has 0 atom stereocenters. The van der Waals surface area contributed by atoms with Gasteiger partial charge in [0, 0.05) is 35.1 Å². The topological polar surface area (TPSA) is 57.7 Å². The lowest BCUT2D eigenvalue weighted by Crippen LogP contribution is -2.40. The second-order valence-electron chi connectivity index (χ2n) is 4.71. The number of benzene rings is 1. The van der Waals surface area contributed by atoms with Crippen molar-refractivity contribution in [1.29, 1.82) is 0 Å². The van der Waals surface area contributed by atoms with Crippen molar-refractivity contribution in [3.05, 3.63) is 58.2 Å². The molecular formula is C15H8N2O3. The zero-order valence-electron chi connectivity index (χ0n) is 10.2. The summed E-state index contributed by atoms with van der Waals surface area (Å²) in [5, 5.41) is 5.38. The fraction of sp³-hybridized carbons (Fsp3) is 0. The van der Waals surface area contributed by atoms with E-state index in [1.54, 1.807) is 16.2 Å². The minimum atomic E-state index is -0.974. The van der Waals surface area contributed by atoms with Crippen LogP contribution in [-0.4, -0.2) is 27.4 Å². The highest BCUT2D eigenvalue weighted by atomic mass is 16.2. The number of hydrazine groups is 1. The third-order valence-corrected chi connectivity index (χ3v) is 3.50. The third-order valence-electron chi connectivity index (χ3n) is 3.50. The predicted octanol–water partition coefficient (Wildman–Crippen LogP) is -0.803. The average Bonchev–Trinajstić information content (AvgIpc) is 2.80. The van der Waals surface area contributed by atoms with E-state index in [2.05, 4.69) is 0 Å². The zero-order valence-corrected chi connectivity index (χ0v) is 10.2. The van der Waals surface area contributed by atoms with Crippen molar-refractivity contribution in [3.63, 3.8) is 0 Å². The summed E-state index contributed by atoms with van der Waals surface area (Å²) < 4.78 is 0. The minimum absolute atomic E-state index is 0.259. The fourth-order valence-corrected chi connectivity index (χ4v) is 2.51. The highest BCUT2D eigenvalue weighted by molar-refractivity contribution is 6.70. The quantitative estimate of drug-likeness (QED) is 0.574. The summed E-state index contributed by atoms with van der Waals surface area (Å²) in [7, 11) is 0. The van der Waals surface area contributed by atoms with Crippen molar-refractivity contribution in [3.8, 4) is 0 Å². The number of carbonyl (C=O) groups is 3. The maximum absolute atomic E-state index is 11.9. The van der Waals surface area contributed by atoms with Crippen LogP contribution in [0.5, 0.6) is 0 Å². The number of hydrogen-bond donors (Lipinski definition) is 0. The molecular weight excluding hydrogens is 256 g/mol. The van der Waals surface area contributed by atoms with Gasteiger partial charge in [0.15, 0.2) is 0 Å². The van der Waals surface area contributed by atoms with Crippen molar-refractivity contribution in [2.24, 2.45) is 0 Å². The van der Waals surface area contributed by atoms with E-state index in [-0.39, 0.29) is 5.57 Å². The van der Waals surface area contributed by atoms with Gasteiger partial charge in [0.25, 0.3) is 5.78 Å². The van der Waals surface area contributed by atoms with Crippen LogP contribution in [0, 0.1) is 0 Å². The van der Waals surface area contributed by atoms with E-state index in [4.69, 9.17) is 0 Å². The predicted molar refractivity (Wildman–Crippen MR) is 69.5 cm³/mol. The van der Waals surface area contributed by atoms with Gasteiger partial charge in [-0.05, 0) is 0 Å². The molecule has 2 aliphatic heterocycles. The van der Waals surface area contributed by atoms with Gasteiger partial charge in [-0.1, -0.05) is 24.3 Å². The second-order valence-corrected chi connectivity index (χ2v) is 4.71. The van der Waals surface area contributed by atoms with Gasteiger partial charge in [-0.2, -0.15) is 0 Å². The van der Waals surface area contributed by atoms with Gasteiger partial charge in [-0.3, -0.25) is 24.4 Å². The van der Waals surface area contributed by atoms with Crippen molar-refractivity contribution in [1.82, 2.24) is 10.0 Å². The Morgan fingerprint density at radius 3 is 2.25 bits per heavy atom. The minimum Gasteiger partial charge on any atom is -0.285 e. The van der Waals surface area contributed by atoms with E-state index in [1.165, 1.54) is 6.08 Å². The highest BCUT2D eigenvalue weighted by Crippen LogP contribution is 2.31. The van der Waals surface area contributed by atoms with E-state index < -0.39 is 17.3 Å². The molecule has 5 nitrogen and oxygen atoms in total. The standard InChI is InChI=1S/C15H8N2O3/c18-13-5-12-11(14(19)15(13)20)8-16-6-9-3-1-2-4-10(9)7-17(12)16/h1-8H. The normalized spacial score (nSPS) is 19.5. The molecule has 1 aromatic carbocycles. The molecule has 0 saturated carbocycles. The molecule has 1 aliphatic carbocycles. The summed E-state index contributed by atoms with van der Waals surface area (Å²) in [5.41, 5.74) is 0.709. The Hall–Kier alpha value is -2.95. The lowest BCUT2D eigenvalue weighted by atomic mass is 9.96. The Labute approximate surface area is 113 Å². The Balaban J connectivity index is 1.95. The monoisotopic (exact) mass is 264 g/mol. The zero-order chi connectivity index (χ0) is 13.9. The number of ketones is 3. The molecule has 0 spiro atoms. The van der Waals surface area contributed by atoms with Crippen LogP contribution >= 0.6 is 0 Å². The van der Waals surface area contributed by atoms with E-state index in [1.807, 2.05) is 36.7 Å². The van der Waals surface area contributed by atoms with Crippen LogP contribution in [0.15, 0.2) is 47.8 Å². The van der Waals surface area contributed by atoms with Gasteiger partial charge in [0.05, 0.1) is 11.3 Å². The molecule has 0 saturated heterocycles. The van der Waals surface area contributed by atoms with E-state index in [0.29, 0.717) is 5.70 Å². The number of fused-ring (bicyclic) bond motifs is 4. The molecule has 1 aromatic rings. The summed E-state index contributed by atoms with van der Waals surface area (Å²) in [4.78, 5) is 34.8. The number of allylic oxidation sites excluding steroid dienone is 2. The van der Waals surface area contributed by atoms with E-state index in [9.17, 15) is 14.4 Å². The maximum Gasteiger partial charge on any atom is 0.273 e. The van der Waals surface area contributed by atoms with Gasteiger partial charge in [0.2, 0.25) is 11.6 Å². The molecule has 2 heterocycles. The highest BCUT2D eigenvalue weighted by Gasteiger charge is 2.39. The number of Topliss-reactive ketones (excluding diaryl/α,β-unsaturated/α-hetero) is 2. The first-order chi connectivity index (χ1) is 9.65. The first-order valence-electron chi connectivity index (χ1n) is 6.08. The van der Waals surface area contributed by atoms with Crippen LogP contribution < -0.4 is 10.4 Å². The van der Waals surface area contributed by atoms with Crippen LogP contribution in [0.4, 0.5) is 0 Å². The summed E-state index contributed by atoms with van der Waals surface area (Å²) in [6, 6.07) is 7.74. The van der Waals surface area contributed by atoms with Gasteiger partial charge in [-0.25, -0.2) is 0 Å². The SMILES string of the molecule is O=C1C=C2C(=CN3C=c4ccccc4=CN23)C(=O)C1=O. The summed E-state index contributed by atoms with van der Waals surface area (Å²) in [6.07, 6.45) is 6.48. The van der Waals surface area contributed by atoms with Crippen LogP contribution in [0.3, 0.4) is 0 Å². The van der Waals surface area contributed by atoms with E-state index in [0.717, 1.165) is 10.4 Å². The molecule has 20 heavy (non-hydrogen) atoms. The first-order valence-corrected chi connectivity index (χ1v) is 6.08. The van der Waals surface area contributed by atoms with Gasteiger partial charge in [-0.15, -0.1) is 0 Å². The maximum atomic E-state index is 11.9. The van der Waals surface area contributed by atoms with Crippen LogP contribution in [-0.2, 0) is 14.4 Å². The summed E-state index contributed by atoms with van der Waals surface area (Å²) in [5.74, 6) is -2.48. The lowest BCUT2D eigenvalue weighted by Gasteiger charge is -2.28. The van der Waals surface area contributed by atoms with Crippen molar-refractivity contribution < 1.29 is 14.4 Å². The lowest BCUT2D eigenvalue weighted by molar-refractivity contribution is -0.141. The molecule has 5 heteroatoms. The number of hydrogen-bond acceptors (Lipinski definition) is 5. The molecule has 96 valence electrons. The Morgan fingerprint density at radius 2 is 1.50 bits per heavy atom. The van der Waals surface area contributed by atoms with Gasteiger partial charge >= 0.3 is 0 Å². The van der Waals surface area contributed by atoms with Gasteiger partial charge < -0.3 is 0 Å². The molecule has 0 aromatic heterocycles. The Kier molecular flexibility index (Phi) is 1.93. The molecule has 0 fully saturated rings. The molecule has 0 N–H and O–H groups in total. The Morgan fingerprint density at radius 1 is 0.800 bits per heavy atom. The van der Waals surface area contributed by atoms with Crippen molar-refractivity contribution >= 4 is 29.7 Å².